The molecule has 0 saturated carbocycles. The molecule has 0 spiro atoms. The van der Waals surface area contributed by atoms with Gasteiger partial charge in [0.1, 0.15) is 11.6 Å². The molecule has 0 aliphatic heterocycles. The molecule has 0 aliphatic rings. The monoisotopic (exact) mass is 261 g/mol. The molecule has 0 fully saturated rings. The number of halogens is 1. The lowest BCUT2D eigenvalue weighted by Gasteiger charge is -2.19. The first-order valence-corrected chi connectivity index (χ1v) is 6.40. The van der Waals surface area contributed by atoms with Crippen molar-refractivity contribution in [2.24, 2.45) is 0 Å². The highest BCUT2D eigenvalue weighted by Crippen LogP contribution is 2.20. The second-order valence-electron chi connectivity index (χ2n) is 5.81. The smallest absolute Gasteiger partial charge is 0.126 e. The number of imidazole rings is 1. The van der Waals surface area contributed by atoms with Gasteiger partial charge in [-0.05, 0) is 51.5 Å². The van der Waals surface area contributed by atoms with Crippen LogP contribution in [0, 0.1) is 12.7 Å². The van der Waals surface area contributed by atoms with Crippen molar-refractivity contribution in [1.29, 1.82) is 0 Å². The third-order valence-electron chi connectivity index (χ3n) is 2.88. The van der Waals surface area contributed by atoms with E-state index in [2.05, 4.69) is 36.1 Å². The van der Waals surface area contributed by atoms with Crippen LogP contribution < -0.4 is 5.32 Å². The number of H-pyrrole nitrogens is 1. The van der Waals surface area contributed by atoms with Gasteiger partial charge in [0.2, 0.25) is 0 Å². The van der Waals surface area contributed by atoms with E-state index in [-0.39, 0.29) is 11.4 Å². The summed E-state index contributed by atoms with van der Waals surface area (Å²) in [5, 5.41) is 3.37. The Morgan fingerprint density at radius 3 is 2.68 bits per heavy atom. The maximum atomic E-state index is 13.2. The van der Waals surface area contributed by atoms with Crippen molar-refractivity contribution in [3.63, 3.8) is 0 Å². The molecular formula is C15H20FN3. The lowest BCUT2D eigenvalue weighted by molar-refractivity contribution is 0.418. The van der Waals surface area contributed by atoms with Crippen LogP contribution in [0.3, 0.4) is 0 Å². The molecule has 3 nitrogen and oxygen atoms in total. The highest BCUT2D eigenvalue weighted by molar-refractivity contribution is 5.59. The average molecular weight is 261 g/mol. The van der Waals surface area contributed by atoms with Crippen molar-refractivity contribution in [1.82, 2.24) is 15.3 Å². The number of aromatic nitrogens is 2. The molecule has 0 amide bonds. The molecule has 0 saturated heterocycles. The highest BCUT2D eigenvalue weighted by atomic mass is 19.1. The van der Waals surface area contributed by atoms with E-state index in [1.165, 1.54) is 6.07 Å². The van der Waals surface area contributed by atoms with Crippen LogP contribution >= 0.6 is 0 Å². The number of hydrogen-bond acceptors (Lipinski definition) is 2. The van der Waals surface area contributed by atoms with Crippen molar-refractivity contribution < 1.29 is 4.39 Å². The average Bonchev–Trinajstić information content (AvgIpc) is 2.78. The van der Waals surface area contributed by atoms with Crippen molar-refractivity contribution in [3.8, 4) is 11.3 Å². The minimum atomic E-state index is -0.183. The zero-order valence-corrected chi connectivity index (χ0v) is 11.8. The van der Waals surface area contributed by atoms with Crippen molar-refractivity contribution in [3.05, 3.63) is 41.6 Å². The Morgan fingerprint density at radius 2 is 2.05 bits per heavy atom. The highest BCUT2D eigenvalue weighted by Gasteiger charge is 2.10. The molecule has 19 heavy (non-hydrogen) atoms. The summed E-state index contributed by atoms with van der Waals surface area (Å²) in [5.74, 6) is 0.699. The molecule has 1 aromatic carbocycles. The van der Waals surface area contributed by atoms with E-state index in [9.17, 15) is 4.39 Å². The summed E-state index contributed by atoms with van der Waals surface area (Å²) in [4.78, 5) is 7.59. The van der Waals surface area contributed by atoms with Crippen molar-refractivity contribution in [2.75, 3.05) is 0 Å². The standard InChI is InChI=1S/C15H20FN3/c1-10-7-11(5-6-12(10)16)13-8-17-14(19-13)9-18-15(2,3)4/h5-8,18H,9H2,1-4H3,(H,17,19). The minimum Gasteiger partial charge on any atom is -0.341 e. The van der Waals surface area contributed by atoms with Gasteiger partial charge in [0.25, 0.3) is 0 Å². The molecular weight excluding hydrogens is 241 g/mol. The van der Waals surface area contributed by atoms with E-state index in [1.807, 2.05) is 6.07 Å². The first kappa shape index (κ1) is 13.7. The number of benzene rings is 1. The van der Waals surface area contributed by atoms with Gasteiger partial charge in [0.05, 0.1) is 18.4 Å². The fourth-order valence-corrected chi connectivity index (χ4v) is 1.76. The van der Waals surface area contributed by atoms with Gasteiger partial charge in [-0.1, -0.05) is 0 Å². The number of nitrogens with one attached hydrogen (secondary N) is 2. The van der Waals surface area contributed by atoms with Gasteiger partial charge in [-0.3, -0.25) is 0 Å². The molecule has 4 heteroatoms. The summed E-state index contributed by atoms with van der Waals surface area (Å²) < 4.78 is 13.2. The van der Waals surface area contributed by atoms with E-state index in [0.717, 1.165) is 17.1 Å². The Balaban J connectivity index is 2.14. The maximum absolute atomic E-state index is 13.2. The van der Waals surface area contributed by atoms with Gasteiger partial charge in [-0.2, -0.15) is 0 Å². The molecule has 0 aliphatic carbocycles. The second-order valence-corrected chi connectivity index (χ2v) is 5.81. The van der Waals surface area contributed by atoms with Crippen LogP contribution in [0.25, 0.3) is 11.3 Å². The summed E-state index contributed by atoms with van der Waals surface area (Å²) in [5.41, 5.74) is 2.56. The predicted octanol–water partition coefficient (Wildman–Crippen LogP) is 3.41. The largest absolute Gasteiger partial charge is 0.341 e. The Morgan fingerprint density at radius 1 is 1.32 bits per heavy atom. The summed E-state index contributed by atoms with van der Waals surface area (Å²) in [6, 6.07) is 5.07. The fourth-order valence-electron chi connectivity index (χ4n) is 1.76. The number of aryl methyl sites for hydroxylation is 1. The SMILES string of the molecule is Cc1cc(-c2cnc(CNC(C)(C)C)[nH]2)ccc1F. The summed E-state index contributed by atoms with van der Waals surface area (Å²) in [6.45, 7) is 8.78. The Labute approximate surface area is 113 Å². The molecule has 0 atom stereocenters. The Bertz CT molecular complexity index is 567. The van der Waals surface area contributed by atoms with Crippen LogP contribution in [0.2, 0.25) is 0 Å². The van der Waals surface area contributed by atoms with Gasteiger partial charge >= 0.3 is 0 Å². The van der Waals surface area contributed by atoms with Crippen LogP contribution in [0.5, 0.6) is 0 Å². The van der Waals surface area contributed by atoms with E-state index in [4.69, 9.17) is 0 Å². The van der Waals surface area contributed by atoms with E-state index >= 15 is 0 Å². The minimum absolute atomic E-state index is 0.0550. The molecule has 2 aromatic rings. The van der Waals surface area contributed by atoms with Crippen LogP contribution in [0.4, 0.5) is 4.39 Å². The lowest BCUT2D eigenvalue weighted by Crippen LogP contribution is -2.35. The van der Waals surface area contributed by atoms with Crippen molar-refractivity contribution in [2.45, 2.75) is 39.8 Å². The normalized spacial score (nSPS) is 11.8. The van der Waals surface area contributed by atoms with Gasteiger partial charge < -0.3 is 10.3 Å². The third kappa shape index (κ3) is 3.64. The molecule has 1 aromatic heterocycles. The molecule has 2 rings (SSSR count). The van der Waals surface area contributed by atoms with Gasteiger partial charge in [-0.25, -0.2) is 9.37 Å². The molecule has 0 radical (unpaired) electrons. The molecule has 102 valence electrons. The topological polar surface area (TPSA) is 40.7 Å². The molecule has 1 heterocycles. The van der Waals surface area contributed by atoms with Gasteiger partial charge in [0.15, 0.2) is 0 Å². The predicted molar refractivity (Wildman–Crippen MR) is 75.3 cm³/mol. The van der Waals surface area contributed by atoms with E-state index < -0.39 is 0 Å². The second kappa shape index (κ2) is 5.13. The van der Waals surface area contributed by atoms with Crippen LogP contribution in [-0.2, 0) is 6.54 Å². The van der Waals surface area contributed by atoms with Crippen molar-refractivity contribution >= 4 is 0 Å². The number of nitrogens with zero attached hydrogens (tertiary/aromatic N) is 1. The Kier molecular flexibility index (Phi) is 3.71. The first-order valence-electron chi connectivity index (χ1n) is 6.40. The van der Waals surface area contributed by atoms with Gasteiger partial charge in [0, 0.05) is 11.1 Å². The Hall–Kier alpha value is -1.68. The first-order chi connectivity index (χ1) is 8.85. The van der Waals surface area contributed by atoms with Crippen LogP contribution in [0.15, 0.2) is 24.4 Å². The zero-order chi connectivity index (χ0) is 14.0. The maximum Gasteiger partial charge on any atom is 0.126 e. The molecule has 2 N–H and O–H groups in total. The quantitative estimate of drug-likeness (QED) is 0.889. The number of hydrogen-bond donors (Lipinski definition) is 2. The van der Waals surface area contributed by atoms with Gasteiger partial charge in [-0.15, -0.1) is 0 Å². The number of aromatic amines is 1. The van der Waals surface area contributed by atoms with E-state index in [0.29, 0.717) is 12.1 Å². The zero-order valence-electron chi connectivity index (χ0n) is 11.8. The van der Waals surface area contributed by atoms with Crippen LogP contribution in [0.1, 0.15) is 32.2 Å². The lowest BCUT2D eigenvalue weighted by atomic mass is 10.1. The fraction of sp³-hybridized carbons (Fsp3) is 0.400. The van der Waals surface area contributed by atoms with E-state index in [1.54, 1.807) is 19.2 Å². The van der Waals surface area contributed by atoms with Crippen LogP contribution in [-0.4, -0.2) is 15.5 Å². The number of rotatable bonds is 3. The summed E-state index contributed by atoms with van der Waals surface area (Å²) in [6.07, 6.45) is 1.78. The summed E-state index contributed by atoms with van der Waals surface area (Å²) in [7, 11) is 0. The third-order valence-corrected chi connectivity index (χ3v) is 2.88. The summed E-state index contributed by atoms with van der Waals surface area (Å²) >= 11 is 0. The molecule has 0 unspecified atom stereocenters. The molecule has 0 bridgehead atoms.